The van der Waals surface area contributed by atoms with E-state index in [0.29, 0.717) is 10.7 Å². The minimum Gasteiger partial charge on any atom is -0.278 e. The zero-order chi connectivity index (χ0) is 13.7. The molecule has 19 heavy (non-hydrogen) atoms. The number of nitro benzene ring substituents is 1. The Morgan fingerprint density at radius 1 is 1.21 bits per heavy atom. The van der Waals surface area contributed by atoms with Gasteiger partial charge in [-0.15, -0.1) is 0 Å². The fourth-order valence-electron chi connectivity index (χ4n) is 1.46. The first-order chi connectivity index (χ1) is 9.15. The normalized spacial score (nSPS) is 10.6. The number of hydrogen-bond donors (Lipinski definition) is 1. The third kappa shape index (κ3) is 3.79. The van der Waals surface area contributed by atoms with Crippen molar-refractivity contribution in [1.29, 1.82) is 0 Å². The van der Waals surface area contributed by atoms with E-state index in [4.69, 9.17) is 11.6 Å². The highest BCUT2D eigenvalue weighted by atomic mass is 35.5. The fourth-order valence-corrected chi connectivity index (χ4v) is 1.66. The molecule has 5 nitrogen and oxygen atoms in total. The van der Waals surface area contributed by atoms with Crippen molar-refractivity contribution in [1.82, 2.24) is 0 Å². The Morgan fingerprint density at radius 2 is 2.00 bits per heavy atom. The molecule has 0 fully saturated rings. The monoisotopic (exact) mass is 275 g/mol. The van der Waals surface area contributed by atoms with Crippen molar-refractivity contribution in [2.45, 2.75) is 0 Å². The first kappa shape index (κ1) is 13.0. The van der Waals surface area contributed by atoms with Crippen LogP contribution < -0.4 is 5.43 Å². The van der Waals surface area contributed by atoms with Crippen LogP contribution in [-0.2, 0) is 0 Å². The molecule has 0 saturated carbocycles. The maximum Gasteiger partial charge on any atom is 0.271 e. The molecule has 0 aliphatic carbocycles. The first-order valence-electron chi connectivity index (χ1n) is 5.44. The molecule has 0 saturated heterocycles. The van der Waals surface area contributed by atoms with Crippen molar-refractivity contribution in [3.63, 3.8) is 0 Å². The largest absolute Gasteiger partial charge is 0.278 e. The lowest BCUT2D eigenvalue weighted by atomic mass is 10.2. The number of halogens is 1. The third-order valence-corrected chi connectivity index (χ3v) is 2.55. The molecule has 1 N–H and O–H groups in total. The highest BCUT2D eigenvalue weighted by Crippen LogP contribution is 2.17. The van der Waals surface area contributed by atoms with Gasteiger partial charge in [0.25, 0.3) is 5.69 Å². The van der Waals surface area contributed by atoms with E-state index in [1.165, 1.54) is 12.1 Å². The summed E-state index contributed by atoms with van der Waals surface area (Å²) in [6.45, 7) is 0. The molecule has 0 bridgehead atoms. The van der Waals surface area contributed by atoms with Gasteiger partial charge in [-0.3, -0.25) is 15.5 Å². The second-order valence-corrected chi connectivity index (χ2v) is 4.17. The van der Waals surface area contributed by atoms with Crippen LogP contribution in [0.4, 0.5) is 11.4 Å². The standard InChI is InChI=1S/C13H10ClN3O2/c14-11-4-1-3-10(7-11)9-15-16-12-5-2-6-13(8-12)17(18)19/h1-9,16H/b15-9-. The molecule has 0 amide bonds. The zero-order valence-corrected chi connectivity index (χ0v) is 10.5. The van der Waals surface area contributed by atoms with Gasteiger partial charge >= 0.3 is 0 Å². The Morgan fingerprint density at radius 3 is 2.74 bits per heavy atom. The van der Waals surface area contributed by atoms with Crippen LogP contribution in [0.2, 0.25) is 5.02 Å². The smallest absolute Gasteiger partial charge is 0.271 e. The van der Waals surface area contributed by atoms with Crippen molar-refractivity contribution < 1.29 is 4.92 Å². The summed E-state index contributed by atoms with van der Waals surface area (Å²) >= 11 is 5.84. The van der Waals surface area contributed by atoms with E-state index in [-0.39, 0.29) is 5.69 Å². The molecule has 2 aromatic carbocycles. The minimum atomic E-state index is -0.453. The molecular formula is C13H10ClN3O2. The highest BCUT2D eigenvalue weighted by molar-refractivity contribution is 6.30. The SMILES string of the molecule is O=[N+]([O-])c1cccc(N/N=C\c2cccc(Cl)c2)c1. The summed E-state index contributed by atoms with van der Waals surface area (Å²) < 4.78 is 0. The van der Waals surface area contributed by atoms with Gasteiger partial charge in [0, 0.05) is 17.2 Å². The van der Waals surface area contributed by atoms with E-state index in [1.54, 1.807) is 30.5 Å². The van der Waals surface area contributed by atoms with Crippen LogP contribution in [-0.4, -0.2) is 11.1 Å². The predicted molar refractivity (Wildman–Crippen MR) is 75.8 cm³/mol. The molecule has 96 valence electrons. The summed E-state index contributed by atoms with van der Waals surface area (Å²) in [6, 6.07) is 13.3. The molecule has 0 aromatic heterocycles. The van der Waals surface area contributed by atoms with E-state index in [0.717, 1.165) is 5.56 Å². The van der Waals surface area contributed by atoms with Crippen LogP contribution in [0.1, 0.15) is 5.56 Å². The molecule has 0 atom stereocenters. The van der Waals surface area contributed by atoms with Crippen molar-refractivity contribution >= 4 is 29.2 Å². The Labute approximate surface area is 114 Å². The molecule has 2 rings (SSSR count). The number of nitrogens with zero attached hydrogens (tertiary/aromatic N) is 2. The van der Waals surface area contributed by atoms with E-state index in [2.05, 4.69) is 10.5 Å². The van der Waals surface area contributed by atoms with Crippen LogP contribution in [0, 0.1) is 10.1 Å². The van der Waals surface area contributed by atoms with E-state index in [1.807, 2.05) is 12.1 Å². The average molecular weight is 276 g/mol. The lowest BCUT2D eigenvalue weighted by Crippen LogP contribution is -1.93. The maximum absolute atomic E-state index is 10.6. The Hall–Kier alpha value is -2.40. The van der Waals surface area contributed by atoms with Crippen LogP contribution in [0.15, 0.2) is 53.6 Å². The number of nitro groups is 1. The number of hydrazone groups is 1. The van der Waals surface area contributed by atoms with Crippen LogP contribution >= 0.6 is 11.6 Å². The molecule has 2 aromatic rings. The van der Waals surface area contributed by atoms with Gasteiger partial charge in [0.2, 0.25) is 0 Å². The van der Waals surface area contributed by atoms with E-state index < -0.39 is 4.92 Å². The molecule has 0 unspecified atom stereocenters. The molecule has 0 spiro atoms. The molecule has 0 aliphatic rings. The predicted octanol–water partition coefficient (Wildman–Crippen LogP) is 3.69. The first-order valence-corrected chi connectivity index (χ1v) is 5.82. The van der Waals surface area contributed by atoms with Crippen molar-refractivity contribution in [3.8, 4) is 0 Å². The molecular weight excluding hydrogens is 266 g/mol. The molecule has 0 aliphatic heterocycles. The van der Waals surface area contributed by atoms with Gasteiger partial charge in [-0.1, -0.05) is 29.8 Å². The lowest BCUT2D eigenvalue weighted by Gasteiger charge is -1.99. The van der Waals surface area contributed by atoms with Gasteiger partial charge in [-0.2, -0.15) is 5.10 Å². The second-order valence-electron chi connectivity index (χ2n) is 3.73. The number of anilines is 1. The van der Waals surface area contributed by atoms with Crippen molar-refractivity contribution in [2.24, 2.45) is 5.10 Å². The molecule has 0 radical (unpaired) electrons. The van der Waals surface area contributed by atoms with Gasteiger partial charge < -0.3 is 0 Å². The summed E-state index contributed by atoms with van der Waals surface area (Å²) in [7, 11) is 0. The molecule has 0 heterocycles. The number of nitrogens with one attached hydrogen (secondary N) is 1. The van der Waals surface area contributed by atoms with Crippen molar-refractivity contribution in [3.05, 3.63) is 69.2 Å². The van der Waals surface area contributed by atoms with E-state index in [9.17, 15) is 10.1 Å². The number of rotatable bonds is 4. The van der Waals surface area contributed by atoms with Gasteiger partial charge in [-0.25, -0.2) is 0 Å². The highest BCUT2D eigenvalue weighted by Gasteiger charge is 2.04. The minimum absolute atomic E-state index is 0.0166. The second kappa shape index (κ2) is 5.97. The number of hydrogen-bond acceptors (Lipinski definition) is 4. The van der Waals surface area contributed by atoms with Gasteiger partial charge in [0.1, 0.15) is 0 Å². The van der Waals surface area contributed by atoms with Crippen molar-refractivity contribution in [2.75, 3.05) is 5.43 Å². The summed E-state index contributed by atoms with van der Waals surface area (Å²) in [5, 5.41) is 15.2. The van der Waals surface area contributed by atoms with Gasteiger partial charge in [0.15, 0.2) is 0 Å². The summed E-state index contributed by atoms with van der Waals surface area (Å²) in [5.74, 6) is 0. The van der Waals surface area contributed by atoms with Gasteiger partial charge in [-0.05, 0) is 23.8 Å². The Kier molecular flexibility index (Phi) is 4.10. The average Bonchev–Trinajstić information content (AvgIpc) is 2.39. The quantitative estimate of drug-likeness (QED) is 0.525. The third-order valence-electron chi connectivity index (χ3n) is 2.31. The summed E-state index contributed by atoms with van der Waals surface area (Å²) in [6.07, 6.45) is 1.59. The molecule has 6 heteroatoms. The Balaban J connectivity index is 2.06. The summed E-state index contributed by atoms with van der Waals surface area (Å²) in [5.41, 5.74) is 4.13. The number of benzene rings is 2. The topological polar surface area (TPSA) is 67.5 Å². The lowest BCUT2D eigenvalue weighted by molar-refractivity contribution is -0.384. The van der Waals surface area contributed by atoms with Crippen LogP contribution in [0.3, 0.4) is 0 Å². The Bertz CT molecular complexity index is 629. The van der Waals surface area contributed by atoms with Gasteiger partial charge in [0.05, 0.1) is 16.8 Å². The van der Waals surface area contributed by atoms with Crippen LogP contribution in [0.5, 0.6) is 0 Å². The zero-order valence-electron chi connectivity index (χ0n) is 9.79. The fraction of sp³-hybridized carbons (Fsp3) is 0. The van der Waals surface area contributed by atoms with Crippen LogP contribution in [0.25, 0.3) is 0 Å². The van der Waals surface area contributed by atoms with E-state index >= 15 is 0 Å². The maximum atomic E-state index is 10.6. The number of non-ortho nitro benzene ring substituents is 1. The summed E-state index contributed by atoms with van der Waals surface area (Å²) in [4.78, 5) is 10.2.